The summed E-state index contributed by atoms with van der Waals surface area (Å²) in [6.45, 7) is 2.31. The summed E-state index contributed by atoms with van der Waals surface area (Å²) in [5.41, 5.74) is 2.30. The minimum atomic E-state index is -0.452. The van der Waals surface area contributed by atoms with Crippen molar-refractivity contribution in [2.45, 2.75) is 32.4 Å². The summed E-state index contributed by atoms with van der Waals surface area (Å²) in [5, 5.41) is 3.31. The molecule has 1 fully saturated rings. The van der Waals surface area contributed by atoms with Crippen molar-refractivity contribution in [2.75, 3.05) is 12.1 Å². The van der Waals surface area contributed by atoms with Gasteiger partial charge in [0.2, 0.25) is 6.79 Å². The maximum absolute atomic E-state index is 14.6. The third-order valence-corrected chi connectivity index (χ3v) is 5.67. The number of hydrogen-bond acceptors (Lipinski definition) is 4. The van der Waals surface area contributed by atoms with Crippen LogP contribution in [0.5, 0.6) is 11.5 Å². The molecule has 9 heteroatoms. The first-order valence-electron chi connectivity index (χ1n) is 9.94. The first-order valence-corrected chi connectivity index (χ1v) is 10.3. The van der Waals surface area contributed by atoms with Gasteiger partial charge in [0, 0.05) is 35.6 Å². The molecule has 0 atom stereocenters. The quantitative estimate of drug-likeness (QED) is 0.610. The van der Waals surface area contributed by atoms with Gasteiger partial charge in [0.15, 0.2) is 11.5 Å². The van der Waals surface area contributed by atoms with Crippen molar-refractivity contribution in [3.05, 3.63) is 65.0 Å². The van der Waals surface area contributed by atoms with Crippen LogP contribution in [-0.4, -0.2) is 33.3 Å². The van der Waals surface area contributed by atoms with Crippen LogP contribution in [0.4, 0.5) is 14.9 Å². The second-order valence-electron chi connectivity index (χ2n) is 7.67. The molecule has 0 spiro atoms. The van der Waals surface area contributed by atoms with E-state index >= 15 is 0 Å². The molecule has 1 saturated carbocycles. The molecule has 2 aromatic carbocycles. The Morgan fingerprint density at radius 2 is 2.06 bits per heavy atom. The second kappa shape index (κ2) is 7.77. The summed E-state index contributed by atoms with van der Waals surface area (Å²) in [6, 6.07) is 7.91. The molecule has 160 valence electrons. The molecule has 1 N–H and O–H groups in total. The van der Waals surface area contributed by atoms with E-state index in [1.165, 1.54) is 6.07 Å². The zero-order valence-electron chi connectivity index (χ0n) is 16.8. The van der Waals surface area contributed by atoms with Gasteiger partial charge >= 0.3 is 6.03 Å². The van der Waals surface area contributed by atoms with Gasteiger partial charge in [-0.2, -0.15) is 0 Å². The lowest BCUT2D eigenvalue weighted by molar-refractivity contribution is 0.174. The molecule has 7 nitrogen and oxygen atoms in total. The van der Waals surface area contributed by atoms with E-state index in [0.29, 0.717) is 34.4 Å². The first kappa shape index (κ1) is 19.7. The van der Waals surface area contributed by atoms with Crippen molar-refractivity contribution < 1.29 is 18.7 Å². The van der Waals surface area contributed by atoms with E-state index in [9.17, 15) is 9.18 Å². The number of halogens is 2. The number of urea groups is 1. The topological polar surface area (TPSA) is 68.6 Å². The number of imidazole rings is 1. The van der Waals surface area contributed by atoms with Crippen LogP contribution in [0.25, 0.3) is 5.69 Å². The lowest BCUT2D eigenvalue weighted by Crippen LogP contribution is -2.36. The Hall–Kier alpha value is -3.26. The van der Waals surface area contributed by atoms with Crippen molar-refractivity contribution in [3.8, 4) is 17.2 Å². The highest BCUT2D eigenvalue weighted by molar-refractivity contribution is 6.31. The molecule has 0 radical (unpaired) electrons. The Morgan fingerprint density at radius 3 is 2.74 bits per heavy atom. The van der Waals surface area contributed by atoms with Gasteiger partial charge in [0.25, 0.3) is 0 Å². The molecule has 31 heavy (non-hydrogen) atoms. The number of aromatic nitrogens is 2. The number of aryl methyl sites for hydroxylation is 1. The molecule has 5 rings (SSSR count). The lowest BCUT2D eigenvalue weighted by Gasteiger charge is -2.24. The number of nitrogens with zero attached hydrogens (tertiary/aromatic N) is 3. The zero-order valence-corrected chi connectivity index (χ0v) is 17.5. The first-order chi connectivity index (χ1) is 15.0. The van der Waals surface area contributed by atoms with Crippen LogP contribution < -0.4 is 14.8 Å². The Balaban J connectivity index is 1.33. The second-order valence-corrected chi connectivity index (χ2v) is 8.08. The average Bonchev–Trinajstić information content (AvgIpc) is 3.32. The van der Waals surface area contributed by atoms with Crippen molar-refractivity contribution >= 4 is 23.3 Å². The SMILES string of the molecule is Cc1cn(-c2ccc(NC(=O)N(Cc3cc4c(cc3Cl)OCO4)C3CC3)cc2F)cn1. The number of hydrogen-bond donors (Lipinski definition) is 1. The number of ether oxygens (including phenoxy) is 2. The molecule has 3 aromatic rings. The third-order valence-electron chi connectivity index (χ3n) is 5.32. The van der Waals surface area contributed by atoms with Gasteiger partial charge in [0.05, 0.1) is 17.7 Å². The molecule has 2 aliphatic rings. The van der Waals surface area contributed by atoms with Gasteiger partial charge in [0.1, 0.15) is 5.82 Å². The van der Waals surface area contributed by atoms with E-state index in [4.69, 9.17) is 21.1 Å². The zero-order chi connectivity index (χ0) is 21.5. The summed E-state index contributed by atoms with van der Waals surface area (Å²) in [7, 11) is 0. The molecule has 0 unspecified atom stereocenters. The standard InChI is InChI=1S/C22H20ClFN4O3/c1-13-9-27(11-25-13)19-5-2-15(7-18(19)24)26-22(29)28(16-3-4-16)10-14-6-20-21(8-17(14)23)31-12-30-20/h2,5-9,11,16H,3-4,10,12H2,1H3,(H,26,29). The molecule has 0 saturated heterocycles. The van der Waals surface area contributed by atoms with E-state index in [1.54, 1.807) is 46.3 Å². The van der Waals surface area contributed by atoms with Gasteiger partial charge in [-0.1, -0.05) is 11.6 Å². The van der Waals surface area contributed by atoms with E-state index in [-0.39, 0.29) is 18.9 Å². The highest BCUT2D eigenvalue weighted by Crippen LogP contribution is 2.38. The van der Waals surface area contributed by atoms with Crippen molar-refractivity contribution in [2.24, 2.45) is 0 Å². The van der Waals surface area contributed by atoms with Crippen LogP contribution in [0.1, 0.15) is 24.1 Å². The number of nitrogens with one attached hydrogen (secondary N) is 1. The van der Waals surface area contributed by atoms with Crippen LogP contribution >= 0.6 is 11.6 Å². The third kappa shape index (κ3) is 4.03. The van der Waals surface area contributed by atoms with E-state index in [0.717, 1.165) is 24.1 Å². The van der Waals surface area contributed by atoms with Gasteiger partial charge in [-0.05, 0) is 49.6 Å². The predicted molar refractivity (Wildman–Crippen MR) is 113 cm³/mol. The Labute approximate surface area is 183 Å². The average molecular weight is 443 g/mol. The Morgan fingerprint density at radius 1 is 1.29 bits per heavy atom. The van der Waals surface area contributed by atoms with Gasteiger partial charge in [-0.3, -0.25) is 0 Å². The van der Waals surface area contributed by atoms with E-state index < -0.39 is 5.82 Å². The number of rotatable bonds is 5. The molecule has 1 aromatic heterocycles. The van der Waals surface area contributed by atoms with Crippen molar-refractivity contribution in [1.29, 1.82) is 0 Å². The fraction of sp³-hybridized carbons (Fsp3) is 0.273. The number of amides is 2. The monoisotopic (exact) mass is 442 g/mol. The summed E-state index contributed by atoms with van der Waals surface area (Å²) < 4.78 is 27.0. The number of benzene rings is 2. The summed E-state index contributed by atoms with van der Waals surface area (Å²) in [5.74, 6) is 0.759. The van der Waals surface area contributed by atoms with Gasteiger partial charge in [-0.25, -0.2) is 14.2 Å². The summed E-state index contributed by atoms with van der Waals surface area (Å²) in [4.78, 5) is 18.8. The fourth-order valence-corrected chi connectivity index (χ4v) is 3.77. The highest BCUT2D eigenvalue weighted by Gasteiger charge is 2.33. The summed E-state index contributed by atoms with van der Waals surface area (Å²) in [6.07, 6.45) is 5.13. The van der Waals surface area contributed by atoms with Crippen molar-refractivity contribution in [3.63, 3.8) is 0 Å². The molecule has 2 heterocycles. The molecule has 1 aliphatic heterocycles. The molecule has 0 bridgehead atoms. The summed E-state index contributed by atoms with van der Waals surface area (Å²) >= 11 is 6.39. The predicted octanol–water partition coefficient (Wildman–Crippen LogP) is 4.90. The number of fused-ring (bicyclic) bond motifs is 1. The van der Waals surface area contributed by atoms with Crippen LogP contribution in [0.3, 0.4) is 0 Å². The Bertz CT molecular complexity index is 1160. The molecular formula is C22H20ClFN4O3. The van der Waals surface area contributed by atoms with Crippen LogP contribution in [-0.2, 0) is 6.54 Å². The minimum absolute atomic E-state index is 0.125. The number of anilines is 1. The normalized spacial score (nSPS) is 14.5. The van der Waals surface area contributed by atoms with E-state index in [2.05, 4.69) is 10.3 Å². The smallest absolute Gasteiger partial charge is 0.322 e. The molecular weight excluding hydrogens is 423 g/mol. The van der Waals surface area contributed by atoms with Gasteiger partial charge < -0.3 is 24.3 Å². The largest absolute Gasteiger partial charge is 0.454 e. The lowest BCUT2D eigenvalue weighted by atomic mass is 10.2. The van der Waals surface area contributed by atoms with E-state index in [1.807, 2.05) is 6.92 Å². The number of carbonyl (C=O) groups excluding carboxylic acids is 1. The highest BCUT2D eigenvalue weighted by atomic mass is 35.5. The Kier molecular flexibility index (Phi) is 4.94. The van der Waals surface area contributed by atoms with Crippen molar-refractivity contribution in [1.82, 2.24) is 14.5 Å². The molecule has 2 amide bonds. The van der Waals surface area contributed by atoms with Crippen LogP contribution in [0.15, 0.2) is 42.9 Å². The van der Waals surface area contributed by atoms with Crippen LogP contribution in [0.2, 0.25) is 5.02 Å². The van der Waals surface area contributed by atoms with Gasteiger partial charge in [-0.15, -0.1) is 0 Å². The van der Waals surface area contributed by atoms with Crippen LogP contribution in [0, 0.1) is 12.7 Å². The maximum Gasteiger partial charge on any atom is 0.322 e. The molecule has 1 aliphatic carbocycles. The number of carbonyl (C=O) groups is 1. The minimum Gasteiger partial charge on any atom is -0.454 e. The maximum atomic E-state index is 14.6. The fourth-order valence-electron chi connectivity index (χ4n) is 3.56.